The number of hydrogen-bond donors (Lipinski definition) is 2. The van der Waals surface area contributed by atoms with Gasteiger partial charge in [-0.05, 0) is 54.4 Å². The summed E-state index contributed by atoms with van der Waals surface area (Å²) >= 11 is 1.64. The van der Waals surface area contributed by atoms with Gasteiger partial charge in [-0.1, -0.05) is 0 Å². The largest absolute Gasteiger partial charge is 0.468 e. The fourth-order valence-corrected chi connectivity index (χ4v) is 5.00. The van der Waals surface area contributed by atoms with Gasteiger partial charge in [-0.15, -0.1) is 11.8 Å². The van der Waals surface area contributed by atoms with Crippen LogP contribution in [0.1, 0.15) is 54.4 Å². The van der Waals surface area contributed by atoms with Crippen molar-refractivity contribution in [3.05, 3.63) is 0 Å². The highest BCUT2D eigenvalue weighted by Crippen LogP contribution is 2.38. The highest BCUT2D eigenvalue weighted by Gasteiger charge is 2.46. The normalized spacial score (nSPS) is 25.3. The number of likely N-dealkylation sites (tertiary alicyclic amines) is 1. The van der Waals surface area contributed by atoms with Crippen LogP contribution in [0.2, 0.25) is 0 Å². The third-order valence-corrected chi connectivity index (χ3v) is 6.39. The molecule has 2 aliphatic heterocycles. The molecular weight excluding hydrogens is 422 g/mol. The van der Waals surface area contributed by atoms with Crippen molar-refractivity contribution in [2.75, 3.05) is 32.6 Å². The van der Waals surface area contributed by atoms with Crippen molar-refractivity contribution < 1.29 is 28.6 Å². The van der Waals surface area contributed by atoms with Gasteiger partial charge in [0.2, 0.25) is 5.91 Å². The molecule has 0 aromatic heterocycles. The quantitative estimate of drug-likeness (QED) is 0.601. The van der Waals surface area contributed by atoms with Crippen molar-refractivity contribution >= 4 is 29.7 Å². The lowest BCUT2D eigenvalue weighted by atomic mass is 10.0. The first kappa shape index (κ1) is 25.7. The zero-order chi connectivity index (χ0) is 23.4. The molecule has 0 aromatic carbocycles. The minimum atomic E-state index is -0.868. The summed E-state index contributed by atoms with van der Waals surface area (Å²) in [7, 11) is 1.37. The molecule has 0 bridgehead atoms. The van der Waals surface area contributed by atoms with Gasteiger partial charge in [0.05, 0.1) is 24.2 Å². The van der Waals surface area contributed by atoms with Crippen molar-refractivity contribution in [2.24, 2.45) is 0 Å². The molecule has 0 saturated carbocycles. The molecule has 2 rings (SSSR count). The van der Waals surface area contributed by atoms with Crippen molar-refractivity contribution in [3.8, 4) is 0 Å². The molecule has 10 heteroatoms. The Hall–Kier alpha value is -1.52. The molecule has 9 nitrogen and oxygen atoms in total. The molecule has 2 saturated heterocycles. The number of methoxy groups -OCH3 is 1. The highest BCUT2D eigenvalue weighted by atomic mass is 32.2. The molecule has 0 aliphatic carbocycles. The standard InChI is InChI=1S/C21H37N3O6S/c1-19(2,3)29-11-14(22-18(27)30-20(4,5)6)16(25)24-10-8-9-21(13-24)23-15(12-31-21)17(26)28-7/h14-15,23H,8-13H2,1-7H3,(H,22,27)/t14-,15-,21?/m0/s1. The summed E-state index contributed by atoms with van der Waals surface area (Å²) in [5, 5.41) is 6.04. The molecule has 2 amide bonds. The topological polar surface area (TPSA) is 106 Å². The number of piperidine rings is 1. The first-order valence-corrected chi connectivity index (χ1v) is 11.6. The third-order valence-electron chi connectivity index (χ3n) is 4.89. The van der Waals surface area contributed by atoms with Gasteiger partial charge >= 0.3 is 12.1 Å². The van der Waals surface area contributed by atoms with Crippen LogP contribution in [0.15, 0.2) is 0 Å². The Morgan fingerprint density at radius 1 is 1.19 bits per heavy atom. The maximum atomic E-state index is 13.4. The Morgan fingerprint density at radius 3 is 2.45 bits per heavy atom. The van der Waals surface area contributed by atoms with E-state index in [1.165, 1.54) is 7.11 Å². The Balaban J connectivity index is 2.09. The van der Waals surface area contributed by atoms with Crippen LogP contribution in [-0.2, 0) is 23.8 Å². The van der Waals surface area contributed by atoms with E-state index in [1.54, 1.807) is 37.4 Å². The van der Waals surface area contributed by atoms with Crippen molar-refractivity contribution in [1.29, 1.82) is 0 Å². The predicted octanol–water partition coefficient (Wildman–Crippen LogP) is 1.89. The lowest BCUT2D eigenvalue weighted by Gasteiger charge is -2.41. The van der Waals surface area contributed by atoms with Crippen LogP contribution in [0.5, 0.6) is 0 Å². The number of nitrogens with zero attached hydrogens (tertiary/aromatic N) is 1. The van der Waals surface area contributed by atoms with Crippen LogP contribution < -0.4 is 10.6 Å². The molecule has 178 valence electrons. The first-order valence-electron chi connectivity index (χ1n) is 10.7. The number of esters is 1. The van der Waals surface area contributed by atoms with E-state index in [0.29, 0.717) is 18.8 Å². The molecule has 2 fully saturated rings. The molecule has 2 heterocycles. The molecule has 2 N–H and O–H groups in total. The number of rotatable bonds is 5. The fraction of sp³-hybridized carbons (Fsp3) is 0.857. The maximum absolute atomic E-state index is 13.4. The van der Waals surface area contributed by atoms with E-state index < -0.39 is 28.2 Å². The van der Waals surface area contributed by atoms with Gasteiger partial charge in [0.25, 0.3) is 0 Å². The van der Waals surface area contributed by atoms with Crippen molar-refractivity contribution in [2.45, 2.75) is 82.5 Å². The van der Waals surface area contributed by atoms with Gasteiger partial charge < -0.3 is 24.4 Å². The third kappa shape index (κ3) is 7.84. The Bertz CT molecular complexity index is 675. The molecule has 0 aromatic rings. The predicted molar refractivity (Wildman–Crippen MR) is 119 cm³/mol. The van der Waals surface area contributed by atoms with Crippen LogP contribution in [0.3, 0.4) is 0 Å². The monoisotopic (exact) mass is 459 g/mol. The minimum absolute atomic E-state index is 0.0381. The van der Waals surface area contributed by atoms with E-state index in [1.807, 2.05) is 20.8 Å². The average molecular weight is 460 g/mol. The summed E-state index contributed by atoms with van der Waals surface area (Å²) in [6.45, 7) is 12.0. The lowest BCUT2D eigenvalue weighted by Crippen LogP contribution is -2.60. The number of carbonyl (C=O) groups is 3. The smallest absolute Gasteiger partial charge is 0.408 e. The number of ether oxygens (including phenoxy) is 3. The van der Waals surface area contributed by atoms with E-state index >= 15 is 0 Å². The summed E-state index contributed by atoms with van der Waals surface area (Å²) in [4.78, 5) is 39.0. The highest BCUT2D eigenvalue weighted by molar-refractivity contribution is 8.01. The zero-order valence-electron chi connectivity index (χ0n) is 19.7. The molecule has 1 spiro atoms. The van der Waals surface area contributed by atoms with Crippen LogP contribution >= 0.6 is 11.8 Å². The molecule has 1 unspecified atom stereocenters. The van der Waals surface area contributed by atoms with Gasteiger partial charge in [0.15, 0.2) is 0 Å². The summed E-state index contributed by atoms with van der Waals surface area (Å²) in [5.41, 5.74) is -1.14. The van der Waals surface area contributed by atoms with Gasteiger partial charge in [-0.2, -0.15) is 0 Å². The second-order valence-electron chi connectivity index (χ2n) is 10.0. The van der Waals surface area contributed by atoms with Crippen molar-refractivity contribution in [3.63, 3.8) is 0 Å². The van der Waals surface area contributed by atoms with Gasteiger partial charge in [-0.3, -0.25) is 14.9 Å². The lowest BCUT2D eigenvalue weighted by molar-refractivity contribution is -0.142. The van der Waals surface area contributed by atoms with E-state index in [2.05, 4.69) is 10.6 Å². The van der Waals surface area contributed by atoms with Gasteiger partial charge in [0, 0.05) is 18.8 Å². The molecule has 0 radical (unpaired) electrons. The number of hydrogen-bond acceptors (Lipinski definition) is 8. The average Bonchev–Trinajstić information content (AvgIpc) is 3.04. The van der Waals surface area contributed by atoms with Crippen LogP contribution in [0.25, 0.3) is 0 Å². The minimum Gasteiger partial charge on any atom is -0.468 e. The molecule has 31 heavy (non-hydrogen) atoms. The summed E-state index contributed by atoms with van der Waals surface area (Å²) in [5.74, 6) is 0.0792. The number of nitrogens with one attached hydrogen (secondary N) is 2. The second-order valence-corrected chi connectivity index (χ2v) is 11.4. The van der Waals surface area contributed by atoms with Crippen LogP contribution in [0.4, 0.5) is 4.79 Å². The van der Waals surface area contributed by atoms with E-state index in [-0.39, 0.29) is 24.5 Å². The van der Waals surface area contributed by atoms with Crippen molar-refractivity contribution in [1.82, 2.24) is 15.5 Å². The summed E-state index contributed by atoms with van der Waals surface area (Å²) in [6.07, 6.45) is 0.977. The number of alkyl carbamates (subject to hydrolysis) is 1. The van der Waals surface area contributed by atoms with Gasteiger partial charge in [-0.25, -0.2) is 4.79 Å². The second kappa shape index (κ2) is 9.95. The molecule has 2 aliphatic rings. The zero-order valence-corrected chi connectivity index (χ0v) is 20.5. The summed E-state index contributed by atoms with van der Waals surface area (Å²) < 4.78 is 16.0. The SMILES string of the molecule is COC(=O)[C@@H]1CSC2(CCCN(C(=O)[C@H](COC(C)(C)C)NC(=O)OC(C)(C)C)C2)N1. The Morgan fingerprint density at radius 2 is 1.87 bits per heavy atom. The number of amides is 2. The van der Waals surface area contributed by atoms with E-state index in [9.17, 15) is 14.4 Å². The molecular formula is C21H37N3O6S. The Labute approximate surface area is 189 Å². The first-order chi connectivity index (χ1) is 14.2. The van der Waals surface area contributed by atoms with Crippen LogP contribution in [-0.4, -0.2) is 83.6 Å². The van der Waals surface area contributed by atoms with E-state index in [0.717, 1.165) is 12.8 Å². The molecule has 3 atom stereocenters. The maximum Gasteiger partial charge on any atom is 0.408 e. The van der Waals surface area contributed by atoms with E-state index in [4.69, 9.17) is 14.2 Å². The van der Waals surface area contributed by atoms with Crippen LogP contribution in [0, 0.1) is 0 Å². The Kier molecular flexibility index (Phi) is 8.27. The number of thioether (sulfide) groups is 1. The fourth-order valence-electron chi connectivity index (χ4n) is 3.54. The van der Waals surface area contributed by atoms with Gasteiger partial charge in [0.1, 0.15) is 17.7 Å². The summed E-state index contributed by atoms with van der Waals surface area (Å²) in [6, 6.07) is -1.25. The number of carbonyl (C=O) groups excluding carboxylic acids is 3.